The first-order valence-electron chi connectivity index (χ1n) is 8.17. The fourth-order valence-electron chi connectivity index (χ4n) is 2.96. The van der Waals surface area contributed by atoms with Crippen LogP contribution in [-0.2, 0) is 17.6 Å². The molecule has 24 heavy (non-hydrogen) atoms. The summed E-state index contributed by atoms with van der Waals surface area (Å²) in [4.78, 5) is 35.4. The van der Waals surface area contributed by atoms with Gasteiger partial charge in [0.25, 0.3) is 5.91 Å². The van der Waals surface area contributed by atoms with Crippen LogP contribution in [0.4, 0.5) is 0 Å². The Balaban J connectivity index is 1.53. The van der Waals surface area contributed by atoms with Gasteiger partial charge in [-0.1, -0.05) is 6.92 Å². The zero-order valence-electron chi connectivity index (χ0n) is 13.5. The molecule has 128 valence electrons. The molecule has 0 saturated heterocycles. The van der Waals surface area contributed by atoms with E-state index in [-0.39, 0.29) is 36.0 Å². The first-order valence-corrected chi connectivity index (χ1v) is 8.17. The van der Waals surface area contributed by atoms with Gasteiger partial charge in [-0.25, -0.2) is 9.97 Å². The van der Waals surface area contributed by atoms with Crippen LogP contribution in [0.5, 0.6) is 0 Å². The molecule has 2 aromatic heterocycles. The summed E-state index contributed by atoms with van der Waals surface area (Å²) in [6.07, 6.45) is 7.96. The van der Waals surface area contributed by atoms with Crippen LogP contribution in [0.15, 0.2) is 23.3 Å². The lowest BCUT2D eigenvalue weighted by Gasteiger charge is -2.21. The fourth-order valence-corrected chi connectivity index (χ4v) is 2.96. The zero-order chi connectivity index (χ0) is 16.9. The number of hydrogen-bond donors (Lipinski definition) is 3. The summed E-state index contributed by atoms with van der Waals surface area (Å²) >= 11 is 0. The van der Waals surface area contributed by atoms with Crippen molar-refractivity contribution in [2.24, 2.45) is 0 Å². The first-order chi connectivity index (χ1) is 11.7. The van der Waals surface area contributed by atoms with E-state index < -0.39 is 0 Å². The molecule has 0 unspecified atom stereocenters. The van der Waals surface area contributed by atoms with Crippen molar-refractivity contribution in [2.45, 2.75) is 51.1 Å². The van der Waals surface area contributed by atoms with E-state index in [4.69, 9.17) is 4.42 Å². The Hall–Kier alpha value is -2.64. The smallest absolute Gasteiger partial charge is 0.273 e. The number of aromatic amines is 1. The number of H-pyrrole nitrogens is 1. The molecule has 1 aliphatic rings. The number of aromatic nitrogens is 3. The van der Waals surface area contributed by atoms with Gasteiger partial charge in [-0.2, -0.15) is 0 Å². The number of carbonyl (C=O) groups excluding carboxylic acids is 2. The van der Waals surface area contributed by atoms with Crippen molar-refractivity contribution in [3.8, 4) is 0 Å². The molecule has 0 bridgehead atoms. The molecule has 8 nitrogen and oxygen atoms in total. The molecule has 3 N–H and O–H groups in total. The third kappa shape index (κ3) is 3.81. The number of hydrogen-bond acceptors (Lipinski definition) is 5. The number of imidazole rings is 1. The lowest BCUT2D eigenvalue weighted by molar-refractivity contribution is -0.121. The van der Waals surface area contributed by atoms with Gasteiger partial charge in [-0.15, -0.1) is 0 Å². The molecule has 1 aliphatic carbocycles. The van der Waals surface area contributed by atoms with E-state index in [1.54, 1.807) is 6.20 Å². The molecular formula is C16H21N5O3. The van der Waals surface area contributed by atoms with Crippen molar-refractivity contribution < 1.29 is 14.0 Å². The standard InChI is InChI=1S/C16H21N5O3/c1-2-10-7-17-14(19-10)6-15(22)20-11-4-3-5-12(11)21-16(23)13-8-24-9-18-13/h7-9,11-12H,2-6H2,1H3,(H,17,19)(H,20,22)(H,21,23)/t11-,12+/m0/s1. The molecule has 1 saturated carbocycles. The van der Waals surface area contributed by atoms with Gasteiger partial charge < -0.3 is 20.0 Å². The van der Waals surface area contributed by atoms with Crippen LogP contribution in [0.2, 0.25) is 0 Å². The molecule has 0 aliphatic heterocycles. The fraction of sp³-hybridized carbons (Fsp3) is 0.500. The molecular weight excluding hydrogens is 310 g/mol. The van der Waals surface area contributed by atoms with Crippen LogP contribution in [0.3, 0.4) is 0 Å². The van der Waals surface area contributed by atoms with Crippen LogP contribution in [0, 0.1) is 0 Å². The van der Waals surface area contributed by atoms with E-state index in [9.17, 15) is 9.59 Å². The second-order valence-electron chi connectivity index (χ2n) is 5.94. The Morgan fingerprint density at radius 1 is 1.29 bits per heavy atom. The molecule has 0 aromatic carbocycles. The maximum absolute atomic E-state index is 12.2. The predicted octanol–water partition coefficient (Wildman–Crippen LogP) is 0.970. The van der Waals surface area contributed by atoms with Crippen LogP contribution in [0.25, 0.3) is 0 Å². The van der Waals surface area contributed by atoms with Gasteiger partial charge in [0.1, 0.15) is 12.1 Å². The Kier molecular flexibility index (Phi) is 4.93. The van der Waals surface area contributed by atoms with Crippen molar-refractivity contribution in [1.82, 2.24) is 25.6 Å². The first kappa shape index (κ1) is 16.2. The predicted molar refractivity (Wildman–Crippen MR) is 85.2 cm³/mol. The molecule has 2 amide bonds. The minimum Gasteiger partial charge on any atom is -0.451 e. The number of rotatable bonds is 6. The van der Waals surface area contributed by atoms with E-state index in [2.05, 4.69) is 25.6 Å². The maximum Gasteiger partial charge on any atom is 0.273 e. The molecule has 2 aromatic rings. The normalized spacial score (nSPS) is 20.0. The summed E-state index contributed by atoms with van der Waals surface area (Å²) in [6, 6.07) is -0.171. The van der Waals surface area contributed by atoms with E-state index >= 15 is 0 Å². The third-order valence-corrected chi connectivity index (χ3v) is 4.23. The maximum atomic E-state index is 12.2. The summed E-state index contributed by atoms with van der Waals surface area (Å²) in [5.74, 6) is 0.277. The van der Waals surface area contributed by atoms with Crippen LogP contribution in [0.1, 0.15) is 48.2 Å². The van der Waals surface area contributed by atoms with E-state index in [1.165, 1.54) is 12.7 Å². The average Bonchev–Trinajstić information content (AvgIpc) is 3.29. The van der Waals surface area contributed by atoms with Crippen LogP contribution in [-0.4, -0.2) is 38.8 Å². The highest BCUT2D eigenvalue weighted by molar-refractivity contribution is 5.92. The molecule has 0 radical (unpaired) electrons. The number of carbonyl (C=O) groups is 2. The molecule has 3 rings (SSSR count). The topological polar surface area (TPSA) is 113 Å². The average molecular weight is 331 g/mol. The van der Waals surface area contributed by atoms with Gasteiger partial charge in [-0.3, -0.25) is 9.59 Å². The van der Waals surface area contributed by atoms with Crippen LogP contribution < -0.4 is 10.6 Å². The molecule has 1 fully saturated rings. The number of nitrogens with one attached hydrogen (secondary N) is 3. The third-order valence-electron chi connectivity index (χ3n) is 4.23. The molecule has 8 heteroatoms. The monoisotopic (exact) mass is 331 g/mol. The van der Waals surface area contributed by atoms with Gasteiger partial charge in [0.2, 0.25) is 5.91 Å². The SMILES string of the molecule is CCc1cnc(CC(=O)N[C@H]2CCC[C@H]2NC(=O)c2cocn2)[nH]1. The van der Waals surface area contributed by atoms with Crippen molar-refractivity contribution in [3.05, 3.63) is 36.1 Å². The van der Waals surface area contributed by atoms with Gasteiger partial charge in [0, 0.05) is 24.0 Å². The van der Waals surface area contributed by atoms with Gasteiger partial charge in [0.15, 0.2) is 12.1 Å². The van der Waals surface area contributed by atoms with Crippen molar-refractivity contribution >= 4 is 11.8 Å². The largest absolute Gasteiger partial charge is 0.451 e. The highest BCUT2D eigenvalue weighted by Crippen LogP contribution is 2.19. The Bertz CT molecular complexity index is 694. The summed E-state index contributed by atoms with van der Waals surface area (Å²) in [7, 11) is 0. The van der Waals surface area contributed by atoms with Crippen molar-refractivity contribution in [1.29, 1.82) is 0 Å². The van der Waals surface area contributed by atoms with E-state index in [1.807, 2.05) is 6.92 Å². The second-order valence-corrected chi connectivity index (χ2v) is 5.94. The summed E-state index contributed by atoms with van der Waals surface area (Å²) < 4.78 is 4.82. The summed E-state index contributed by atoms with van der Waals surface area (Å²) in [6.45, 7) is 2.03. The number of aryl methyl sites for hydroxylation is 1. The summed E-state index contributed by atoms with van der Waals surface area (Å²) in [5, 5.41) is 5.91. The molecule has 0 spiro atoms. The Labute approximate surface area is 139 Å². The lowest BCUT2D eigenvalue weighted by Crippen LogP contribution is -2.49. The molecule has 2 heterocycles. The van der Waals surface area contributed by atoms with E-state index in [0.29, 0.717) is 5.82 Å². The minimum absolute atomic E-state index is 0.0750. The minimum atomic E-state index is -0.284. The number of amides is 2. The van der Waals surface area contributed by atoms with Gasteiger partial charge in [0.05, 0.1) is 6.42 Å². The summed E-state index contributed by atoms with van der Waals surface area (Å²) in [5.41, 5.74) is 1.26. The Morgan fingerprint density at radius 3 is 2.75 bits per heavy atom. The van der Waals surface area contributed by atoms with Crippen molar-refractivity contribution in [2.75, 3.05) is 0 Å². The van der Waals surface area contributed by atoms with Gasteiger partial charge in [-0.05, 0) is 25.7 Å². The number of nitrogens with zero attached hydrogens (tertiary/aromatic N) is 2. The molecule has 2 atom stereocenters. The van der Waals surface area contributed by atoms with Gasteiger partial charge >= 0.3 is 0 Å². The lowest BCUT2D eigenvalue weighted by atomic mass is 10.1. The second kappa shape index (κ2) is 7.29. The number of oxazole rings is 1. The Morgan fingerprint density at radius 2 is 2.08 bits per heavy atom. The highest BCUT2D eigenvalue weighted by Gasteiger charge is 2.30. The van der Waals surface area contributed by atoms with Crippen molar-refractivity contribution in [3.63, 3.8) is 0 Å². The van der Waals surface area contributed by atoms with Crippen LogP contribution >= 0.6 is 0 Å². The quantitative estimate of drug-likeness (QED) is 0.730. The van der Waals surface area contributed by atoms with E-state index in [0.717, 1.165) is 31.4 Å². The zero-order valence-corrected chi connectivity index (χ0v) is 13.5. The highest BCUT2D eigenvalue weighted by atomic mass is 16.3.